The van der Waals surface area contributed by atoms with Crippen molar-refractivity contribution in [1.82, 2.24) is 9.29 Å². The minimum atomic E-state index is -3.51. The zero-order valence-electron chi connectivity index (χ0n) is 14.9. The van der Waals surface area contributed by atoms with Gasteiger partial charge in [-0.25, -0.2) is 12.7 Å². The molecule has 0 aliphatic heterocycles. The van der Waals surface area contributed by atoms with Crippen LogP contribution in [-0.4, -0.2) is 38.1 Å². The van der Waals surface area contributed by atoms with Crippen LogP contribution in [0, 0.1) is 0 Å². The monoisotopic (exact) mass is 378 g/mol. The van der Waals surface area contributed by atoms with E-state index in [2.05, 4.69) is 4.98 Å². The predicted molar refractivity (Wildman–Crippen MR) is 108 cm³/mol. The molecule has 0 spiro atoms. The standard InChI is InChI=1S/C21H18N2O3S/c1-23(2)27(25,26)15-8-10-18-19(12-22-21(18)11-15)17-9-7-14-5-3-4-6-16(14)20(17)13-24/h3-13,22H,1-2H3. The van der Waals surface area contributed by atoms with Gasteiger partial charge in [0.2, 0.25) is 10.0 Å². The number of aldehydes is 1. The van der Waals surface area contributed by atoms with E-state index in [1.165, 1.54) is 18.4 Å². The fourth-order valence-corrected chi connectivity index (χ4v) is 4.29. The van der Waals surface area contributed by atoms with Crippen LogP contribution in [0.25, 0.3) is 32.8 Å². The highest BCUT2D eigenvalue weighted by Crippen LogP contribution is 2.35. The molecule has 5 nitrogen and oxygen atoms in total. The Morgan fingerprint density at radius 3 is 2.44 bits per heavy atom. The fraction of sp³-hybridized carbons (Fsp3) is 0.0952. The normalized spacial score (nSPS) is 12.1. The van der Waals surface area contributed by atoms with Gasteiger partial charge < -0.3 is 4.98 Å². The lowest BCUT2D eigenvalue weighted by atomic mass is 9.95. The molecule has 0 saturated carbocycles. The molecular formula is C21H18N2O3S. The van der Waals surface area contributed by atoms with Crippen molar-refractivity contribution < 1.29 is 13.2 Å². The van der Waals surface area contributed by atoms with Crippen molar-refractivity contribution in [3.8, 4) is 11.1 Å². The topological polar surface area (TPSA) is 70.2 Å². The second-order valence-corrected chi connectivity index (χ2v) is 8.71. The van der Waals surface area contributed by atoms with Crippen molar-refractivity contribution in [3.63, 3.8) is 0 Å². The summed E-state index contributed by atoms with van der Waals surface area (Å²) in [6.07, 6.45) is 2.69. The Morgan fingerprint density at radius 1 is 0.926 bits per heavy atom. The summed E-state index contributed by atoms with van der Waals surface area (Å²) in [5.41, 5.74) is 3.02. The first-order valence-electron chi connectivity index (χ1n) is 8.44. The zero-order valence-corrected chi connectivity index (χ0v) is 15.7. The van der Waals surface area contributed by atoms with E-state index in [1.807, 2.05) is 42.6 Å². The fourth-order valence-electron chi connectivity index (χ4n) is 3.36. The highest BCUT2D eigenvalue weighted by molar-refractivity contribution is 7.89. The van der Waals surface area contributed by atoms with Gasteiger partial charge in [0.05, 0.1) is 4.90 Å². The molecule has 3 aromatic carbocycles. The Hall–Kier alpha value is -2.96. The molecule has 0 aliphatic carbocycles. The van der Waals surface area contributed by atoms with Crippen LogP contribution in [0.4, 0.5) is 0 Å². The lowest BCUT2D eigenvalue weighted by Crippen LogP contribution is -2.22. The molecule has 6 heteroatoms. The summed E-state index contributed by atoms with van der Waals surface area (Å²) in [5, 5.41) is 2.76. The molecule has 136 valence electrons. The SMILES string of the molecule is CN(C)S(=O)(=O)c1ccc2c(-c3ccc4ccccc4c3C=O)c[nH]c2c1. The van der Waals surface area contributed by atoms with Gasteiger partial charge in [-0.05, 0) is 28.5 Å². The summed E-state index contributed by atoms with van der Waals surface area (Å²) in [7, 11) is -0.498. The van der Waals surface area contributed by atoms with E-state index in [9.17, 15) is 13.2 Å². The number of hydrogen-bond acceptors (Lipinski definition) is 3. The lowest BCUT2D eigenvalue weighted by molar-refractivity contribution is 0.112. The molecular weight excluding hydrogens is 360 g/mol. The summed E-state index contributed by atoms with van der Waals surface area (Å²) in [6, 6.07) is 16.7. The second-order valence-electron chi connectivity index (χ2n) is 6.56. The van der Waals surface area contributed by atoms with Gasteiger partial charge in [0.25, 0.3) is 0 Å². The summed E-state index contributed by atoms with van der Waals surface area (Å²) in [4.78, 5) is 15.2. The molecule has 0 aliphatic rings. The van der Waals surface area contributed by atoms with Crippen LogP contribution in [0.1, 0.15) is 10.4 Å². The third-order valence-electron chi connectivity index (χ3n) is 4.81. The number of nitrogens with one attached hydrogen (secondary N) is 1. The Balaban J connectivity index is 1.94. The van der Waals surface area contributed by atoms with Crippen LogP contribution in [0.3, 0.4) is 0 Å². The molecule has 1 heterocycles. The van der Waals surface area contributed by atoms with Crippen LogP contribution < -0.4 is 0 Å². The molecule has 0 radical (unpaired) electrons. The first-order chi connectivity index (χ1) is 12.9. The number of sulfonamides is 1. The highest BCUT2D eigenvalue weighted by atomic mass is 32.2. The van der Waals surface area contributed by atoms with E-state index in [0.717, 1.165) is 33.6 Å². The summed E-state index contributed by atoms with van der Waals surface area (Å²) in [6.45, 7) is 0. The molecule has 1 aromatic heterocycles. The number of hydrogen-bond donors (Lipinski definition) is 1. The summed E-state index contributed by atoms with van der Waals surface area (Å²) in [5.74, 6) is 0. The number of carbonyl (C=O) groups is 1. The van der Waals surface area contributed by atoms with Gasteiger partial charge >= 0.3 is 0 Å². The molecule has 1 N–H and O–H groups in total. The number of nitrogens with zero attached hydrogens (tertiary/aromatic N) is 1. The molecule has 0 saturated heterocycles. The van der Waals surface area contributed by atoms with Gasteiger partial charge in [-0.3, -0.25) is 4.79 Å². The van der Waals surface area contributed by atoms with E-state index in [-0.39, 0.29) is 4.90 Å². The molecule has 4 rings (SSSR count). The predicted octanol–water partition coefficient (Wildman–Crippen LogP) is 4.05. The van der Waals surface area contributed by atoms with E-state index in [0.29, 0.717) is 11.1 Å². The van der Waals surface area contributed by atoms with Crippen molar-refractivity contribution >= 4 is 38.0 Å². The van der Waals surface area contributed by atoms with Crippen LogP contribution in [0.2, 0.25) is 0 Å². The largest absolute Gasteiger partial charge is 0.361 e. The average Bonchev–Trinajstić information content (AvgIpc) is 3.09. The smallest absolute Gasteiger partial charge is 0.242 e. The summed E-state index contributed by atoms with van der Waals surface area (Å²) < 4.78 is 25.9. The van der Waals surface area contributed by atoms with E-state index >= 15 is 0 Å². The van der Waals surface area contributed by atoms with Crippen molar-refractivity contribution in [2.45, 2.75) is 4.90 Å². The minimum absolute atomic E-state index is 0.225. The van der Waals surface area contributed by atoms with Crippen molar-refractivity contribution in [2.24, 2.45) is 0 Å². The Bertz CT molecular complexity index is 1290. The van der Waals surface area contributed by atoms with Crippen molar-refractivity contribution in [3.05, 3.63) is 66.4 Å². The lowest BCUT2D eigenvalue weighted by Gasteiger charge is -2.11. The maximum absolute atomic E-state index is 12.4. The zero-order chi connectivity index (χ0) is 19.2. The molecule has 0 amide bonds. The van der Waals surface area contributed by atoms with Gasteiger partial charge in [0, 0.05) is 42.3 Å². The van der Waals surface area contributed by atoms with Gasteiger partial charge in [-0.2, -0.15) is 0 Å². The van der Waals surface area contributed by atoms with E-state index in [1.54, 1.807) is 18.2 Å². The second kappa shape index (κ2) is 6.33. The maximum atomic E-state index is 12.4. The third kappa shape index (κ3) is 2.74. The number of aromatic nitrogens is 1. The molecule has 0 bridgehead atoms. The number of aromatic amines is 1. The highest BCUT2D eigenvalue weighted by Gasteiger charge is 2.19. The third-order valence-corrected chi connectivity index (χ3v) is 6.62. The molecule has 0 unspecified atom stereocenters. The molecule has 4 aromatic rings. The van der Waals surface area contributed by atoms with Gasteiger partial charge in [-0.15, -0.1) is 0 Å². The van der Waals surface area contributed by atoms with E-state index in [4.69, 9.17) is 0 Å². The van der Waals surface area contributed by atoms with Gasteiger partial charge in [0.1, 0.15) is 0 Å². The van der Waals surface area contributed by atoms with Crippen LogP contribution in [0.5, 0.6) is 0 Å². The number of benzene rings is 3. The number of carbonyl (C=O) groups excluding carboxylic acids is 1. The molecule has 27 heavy (non-hydrogen) atoms. The number of fused-ring (bicyclic) bond motifs is 2. The van der Waals surface area contributed by atoms with Crippen LogP contribution >= 0.6 is 0 Å². The first-order valence-corrected chi connectivity index (χ1v) is 9.88. The number of H-pyrrole nitrogens is 1. The van der Waals surface area contributed by atoms with Crippen molar-refractivity contribution in [1.29, 1.82) is 0 Å². The van der Waals surface area contributed by atoms with Gasteiger partial charge in [0.15, 0.2) is 6.29 Å². The Kier molecular flexibility index (Phi) is 4.09. The first kappa shape index (κ1) is 17.5. The maximum Gasteiger partial charge on any atom is 0.242 e. The Labute approximate surface area is 157 Å². The van der Waals surface area contributed by atoms with Crippen LogP contribution in [0.15, 0.2) is 65.7 Å². The average molecular weight is 378 g/mol. The van der Waals surface area contributed by atoms with E-state index < -0.39 is 10.0 Å². The van der Waals surface area contributed by atoms with Crippen LogP contribution in [-0.2, 0) is 10.0 Å². The van der Waals surface area contributed by atoms with Gasteiger partial charge in [-0.1, -0.05) is 42.5 Å². The number of rotatable bonds is 4. The minimum Gasteiger partial charge on any atom is -0.361 e. The molecule has 0 fully saturated rings. The quantitative estimate of drug-likeness (QED) is 0.545. The van der Waals surface area contributed by atoms with Crippen molar-refractivity contribution in [2.75, 3.05) is 14.1 Å². The Morgan fingerprint density at radius 2 is 1.70 bits per heavy atom. The summed E-state index contributed by atoms with van der Waals surface area (Å²) >= 11 is 0. The molecule has 0 atom stereocenters.